The highest BCUT2D eigenvalue weighted by atomic mass is 32.2. The van der Waals surface area contributed by atoms with E-state index >= 15 is 0 Å². The smallest absolute Gasteiger partial charge is 0.416 e. The van der Waals surface area contributed by atoms with Crippen molar-refractivity contribution in [2.75, 3.05) is 18.9 Å². The zero-order valence-corrected chi connectivity index (χ0v) is 11.3. The van der Waals surface area contributed by atoms with E-state index in [0.717, 1.165) is 20.8 Å². The molecule has 2 amide bonds. The Kier molecular flexibility index (Phi) is 3.51. The standard InChI is InChI=1S/C13H11N3O3S/c17-11(16-5-6-19-13(16)18)7-20-12-9-3-1-2-4-10(9)14-8-15-12/h1-4,8H,5-7H2. The molecule has 2 aromatic rings. The summed E-state index contributed by atoms with van der Waals surface area (Å²) in [7, 11) is 0. The second kappa shape index (κ2) is 5.46. The molecular weight excluding hydrogens is 278 g/mol. The van der Waals surface area contributed by atoms with Crippen LogP contribution in [0.3, 0.4) is 0 Å². The quantitative estimate of drug-likeness (QED) is 0.632. The lowest BCUT2D eigenvalue weighted by atomic mass is 10.2. The van der Waals surface area contributed by atoms with E-state index in [-0.39, 0.29) is 18.3 Å². The molecule has 0 bridgehead atoms. The number of hydrogen-bond donors (Lipinski definition) is 0. The molecule has 102 valence electrons. The van der Waals surface area contributed by atoms with Crippen LogP contribution in [0, 0.1) is 0 Å². The van der Waals surface area contributed by atoms with Crippen molar-refractivity contribution in [3.05, 3.63) is 30.6 Å². The molecular formula is C13H11N3O3S. The molecule has 1 aliphatic heterocycles. The molecule has 0 atom stereocenters. The van der Waals surface area contributed by atoms with E-state index in [4.69, 9.17) is 4.74 Å². The first-order chi connectivity index (χ1) is 9.75. The van der Waals surface area contributed by atoms with Crippen LogP contribution in [0.25, 0.3) is 10.9 Å². The van der Waals surface area contributed by atoms with Gasteiger partial charge in [0.05, 0.1) is 17.8 Å². The Balaban J connectivity index is 1.74. The summed E-state index contributed by atoms with van der Waals surface area (Å²) >= 11 is 1.30. The number of nitrogens with zero attached hydrogens (tertiary/aromatic N) is 3. The summed E-state index contributed by atoms with van der Waals surface area (Å²) in [5, 5.41) is 1.63. The van der Waals surface area contributed by atoms with Crippen LogP contribution < -0.4 is 0 Å². The average Bonchev–Trinajstić information content (AvgIpc) is 2.91. The number of fused-ring (bicyclic) bond motifs is 1. The van der Waals surface area contributed by atoms with Gasteiger partial charge in [0.25, 0.3) is 0 Å². The largest absolute Gasteiger partial charge is 0.447 e. The molecule has 1 saturated heterocycles. The van der Waals surface area contributed by atoms with Gasteiger partial charge in [0.2, 0.25) is 5.91 Å². The Labute approximate surface area is 119 Å². The minimum atomic E-state index is -0.567. The lowest BCUT2D eigenvalue weighted by molar-refractivity contribution is -0.125. The number of aromatic nitrogens is 2. The molecule has 7 heteroatoms. The minimum Gasteiger partial charge on any atom is -0.447 e. The summed E-state index contributed by atoms with van der Waals surface area (Å²) in [5.41, 5.74) is 0.832. The summed E-state index contributed by atoms with van der Waals surface area (Å²) in [4.78, 5) is 32.7. The lowest BCUT2D eigenvalue weighted by Crippen LogP contribution is -2.33. The Morgan fingerprint density at radius 2 is 2.20 bits per heavy atom. The maximum absolute atomic E-state index is 11.9. The van der Waals surface area contributed by atoms with E-state index in [9.17, 15) is 9.59 Å². The third kappa shape index (κ3) is 2.44. The van der Waals surface area contributed by atoms with Gasteiger partial charge in [0.15, 0.2) is 0 Å². The second-order valence-electron chi connectivity index (χ2n) is 4.14. The summed E-state index contributed by atoms with van der Waals surface area (Å²) in [6.45, 7) is 0.592. The Hall–Kier alpha value is -2.15. The number of benzene rings is 1. The monoisotopic (exact) mass is 289 g/mol. The molecule has 0 saturated carbocycles. The van der Waals surface area contributed by atoms with E-state index in [1.54, 1.807) is 0 Å². The Morgan fingerprint density at radius 1 is 1.35 bits per heavy atom. The van der Waals surface area contributed by atoms with Crippen LogP contribution in [-0.2, 0) is 9.53 Å². The van der Waals surface area contributed by atoms with Crippen molar-refractivity contribution >= 4 is 34.7 Å². The van der Waals surface area contributed by atoms with Crippen molar-refractivity contribution in [2.24, 2.45) is 0 Å². The van der Waals surface area contributed by atoms with Crippen molar-refractivity contribution < 1.29 is 14.3 Å². The average molecular weight is 289 g/mol. The Bertz CT molecular complexity index is 671. The summed E-state index contributed by atoms with van der Waals surface area (Å²) in [5.74, 6) is -0.115. The number of carbonyl (C=O) groups is 2. The maximum Gasteiger partial charge on any atom is 0.416 e. The second-order valence-corrected chi connectivity index (χ2v) is 5.11. The summed E-state index contributed by atoms with van der Waals surface area (Å²) in [6.07, 6.45) is 0.905. The van der Waals surface area contributed by atoms with Gasteiger partial charge in [0, 0.05) is 5.39 Å². The molecule has 0 spiro atoms. The highest BCUT2D eigenvalue weighted by Crippen LogP contribution is 2.24. The third-order valence-corrected chi connectivity index (χ3v) is 3.89. The molecule has 1 fully saturated rings. The molecule has 1 aliphatic rings. The molecule has 6 nitrogen and oxygen atoms in total. The van der Waals surface area contributed by atoms with Crippen LogP contribution in [0.5, 0.6) is 0 Å². The number of hydrogen-bond acceptors (Lipinski definition) is 6. The molecule has 1 aromatic carbocycles. The van der Waals surface area contributed by atoms with Crippen molar-refractivity contribution in [1.29, 1.82) is 0 Å². The van der Waals surface area contributed by atoms with Gasteiger partial charge in [-0.25, -0.2) is 19.7 Å². The van der Waals surface area contributed by atoms with Gasteiger partial charge in [-0.05, 0) is 6.07 Å². The molecule has 0 N–H and O–H groups in total. The lowest BCUT2D eigenvalue weighted by Gasteiger charge is -2.10. The highest BCUT2D eigenvalue weighted by Gasteiger charge is 2.28. The van der Waals surface area contributed by atoms with Gasteiger partial charge in [-0.3, -0.25) is 4.79 Å². The van der Waals surface area contributed by atoms with Crippen LogP contribution in [0.15, 0.2) is 35.6 Å². The number of imide groups is 1. The van der Waals surface area contributed by atoms with Crippen LogP contribution in [0.4, 0.5) is 4.79 Å². The molecule has 0 unspecified atom stereocenters. The number of para-hydroxylation sites is 1. The van der Waals surface area contributed by atoms with Crippen LogP contribution in [0.1, 0.15) is 0 Å². The van der Waals surface area contributed by atoms with Gasteiger partial charge < -0.3 is 4.74 Å². The number of ether oxygens (including phenoxy) is 1. The van der Waals surface area contributed by atoms with E-state index in [2.05, 4.69) is 9.97 Å². The highest BCUT2D eigenvalue weighted by molar-refractivity contribution is 8.00. The van der Waals surface area contributed by atoms with Crippen molar-refractivity contribution in [3.8, 4) is 0 Å². The van der Waals surface area contributed by atoms with Crippen molar-refractivity contribution in [2.45, 2.75) is 5.03 Å². The van der Waals surface area contributed by atoms with Gasteiger partial charge >= 0.3 is 6.09 Å². The topological polar surface area (TPSA) is 72.4 Å². The normalized spacial score (nSPS) is 14.6. The van der Waals surface area contributed by atoms with Crippen LogP contribution in [0.2, 0.25) is 0 Å². The molecule has 2 heterocycles. The zero-order valence-electron chi connectivity index (χ0n) is 10.5. The number of thioether (sulfide) groups is 1. The van der Waals surface area contributed by atoms with Gasteiger partial charge in [0.1, 0.15) is 18.0 Å². The molecule has 3 rings (SSSR count). The maximum atomic E-state index is 11.9. The summed E-state index contributed by atoms with van der Waals surface area (Å²) in [6, 6.07) is 7.59. The first kappa shape index (κ1) is 12.9. The van der Waals surface area contributed by atoms with Gasteiger partial charge in [-0.2, -0.15) is 0 Å². The predicted molar refractivity (Wildman–Crippen MR) is 73.3 cm³/mol. The van der Waals surface area contributed by atoms with E-state index in [0.29, 0.717) is 6.54 Å². The number of rotatable bonds is 3. The molecule has 20 heavy (non-hydrogen) atoms. The predicted octanol–water partition coefficient (Wildman–Crippen LogP) is 1.70. The third-order valence-electron chi connectivity index (χ3n) is 2.90. The van der Waals surface area contributed by atoms with Gasteiger partial charge in [-0.15, -0.1) is 0 Å². The van der Waals surface area contributed by atoms with E-state index in [1.807, 2.05) is 24.3 Å². The fourth-order valence-corrected chi connectivity index (χ4v) is 2.79. The molecule has 1 aromatic heterocycles. The fourth-order valence-electron chi connectivity index (χ4n) is 1.92. The summed E-state index contributed by atoms with van der Waals surface area (Å²) < 4.78 is 4.74. The first-order valence-corrected chi connectivity index (χ1v) is 7.04. The first-order valence-electron chi connectivity index (χ1n) is 6.05. The van der Waals surface area contributed by atoms with E-state index in [1.165, 1.54) is 18.1 Å². The fraction of sp³-hybridized carbons (Fsp3) is 0.231. The number of amides is 2. The van der Waals surface area contributed by atoms with E-state index < -0.39 is 6.09 Å². The van der Waals surface area contributed by atoms with Crippen molar-refractivity contribution in [1.82, 2.24) is 14.9 Å². The van der Waals surface area contributed by atoms with Gasteiger partial charge in [-0.1, -0.05) is 30.0 Å². The minimum absolute atomic E-state index is 0.149. The number of cyclic esters (lactones) is 1. The molecule has 0 aliphatic carbocycles. The Morgan fingerprint density at radius 3 is 3.00 bits per heavy atom. The van der Waals surface area contributed by atoms with Crippen molar-refractivity contribution in [3.63, 3.8) is 0 Å². The SMILES string of the molecule is O=C(CSc1ncnc2ccccc12)N1CCOC1=O. The van der Waals surface area contributed by atoms with Crippen LogP contribution in [-0.4, -0.2) is 45.8 Å². The number of carbonyl (C=O) groups excluding carboxylic acids is 2. The molecule has 0 radical (unpaired) electrons. The van der Waals surface area contributed by atoms with Crippen LogP contribution >= 0.6 is 11.8 Å². The zero-order chi connectivity index (χ0) is 13.9.